The number of pyridine rings is 6. The zero-order valence-corrected chi connectivity index (χ0v) is 29.4. The van der Waals surface area contributed by atoms with Crippen molar-refractivity contribution in [3.8, 4) is 34.0 Å². The minimum absolute atomic E-state index is 0. The third-order valence-corrected chi connectivity index (χ3v) is 7.15. The van der Waals surface area contributed by atoms with E-state index < -0.39 is 11.8 Å². The molecule has 6 aromatic rings. The number of carbonyl (C=O) groups is 3. The van der Waals surface area contributed by atoms with Gasteiger partial charge in [-0.3, -0.25) is 49.2 Å². The molecule has 7 heterocycles. The van der Waals surface area contributed by atoms with Crippen molar-refractivity contribution in [1.29, 1.82) is 0 Å². The maximum absolute atomic E-state index is 11.9. The second-order valence-electron chi connectivity index (χ2n) is 10.9. The molecule has 6 aromatic heterocycles. The van der Waals surface area contributed by atoms with Crippen molar-refractivity contribution >= 4 is 17.7 Å². The summed E-state index contributed by atoms with van der Waals surface area (Å²) in [5.74, 6) is -1.30. The number of hydrogen-bond donors (Lipinski definition) is 1. The summed E-state index contributed by atoms with van der Waals surface area (Å²) in [5, 5.41) is 2.72. The Morgan fingerprint density at radius 2 is 1.20 bits per heavy atom. The number of nitrogens with one attached hydrogen (secondary N) is 1. The van der Waals surface area contributed by atoms with Crippen LogP contribution in [0.2, 0.25) is 0 Å². The first-order valence-electron chi connectivity index (χ1n) is 15.8. The molecule has 256 valence electrons. The maximum Gasteiger partial charge on any atom is 0.254 e. The summed E-state index contributed by atoms with van der Waals surface area (Å²) in [6.45, 7) is 2.13. The number of hydrogen-bond acceptors (Lipinski definition) is 9. The van der Waals surface area contributed by atoms with E-state index >= 15 is 0 Å². The van der Waals surface area contributed by atoms with Crippen LogP contribution >= 0.6 is 0 Å². The van der Waals surface area contributed by atoms with Crippen LogP contribution in [0.1, 0.15) is 11.1 Å². The van der Waals surface area contributed by atoms with Crippen molar-refractivity contribution in [2.45, 2.75) is 13.3 Å². The van der Waals surface area contributed by atoms with Gasteiger partial charge in [-0.2, -0.15) is 0 Å². The Bertz CT molecular complexity index is 1870. The Labute approximate surface area is 308 Å². The topological polar surface area (TPSA) is 144 Å². The van der Waals surface area contributed by atoms with Crippen LogP contribution in [0.4, 0.5) is 0 Å². The molecule has 0 bridgehead atoms. The van der Waals surface area contributed by atoms with Gasteiger partial charge in [0.2, 0.25) is 5.91 Å². The number of aryl methyl sites for hydroxylation is 1. The second-order valence-corrected chi connectivity index (χ2v) is 10.9. The molecule has 0 atom stereocenters. The van der Waals surface area contributed by atoms with Crippen LogP contribution in [-0.4, -0.2) is 65.6 Å². The molecule has 12 heteroatoms. The van der Waals surface area contributed by atoms with E-state index in [4.69, 9.17) is 0 Å². The van der Waals surface area contributed by atoms with Gasteiger partial charge in [-0.25, -0.2) is 0 Å². The molecule has 0 aromatic carbocycles. The smallest absolute Gasteiger partial charge is 0.254 e. The van der Waals surface area contributed by atoms with Gasteiger partial charge in [0.15, 0.2) is 0 Å². The van der Waals surface area contributed by atoms with Gasteiger partial charge in [0.1, 0.15) is 6.54 Å². The molecule has 1 aliphatic rings. The third-order valence-electron chi connectivity index (χ3n) is 7.15. The quantitative estimate of drug-likeness (QED) is 0.161. The molecule has 51 heavy (non-hydrogen) atoms. The van der Waals surface area contributed by atoms with Crippen LogP contribution in [0.5, 0.6) is 0 Å². The van der Waals surface area contributed by atoms with Crippen molar-refractivity contribution in [3.05, 3.63) is 158 Å². The van der Waals surface area contributed by atoms with Crippen LogP contribution in [-0.2, 0) is 40.3 Å². The van der Waals surface area contributed by atoms with Gasteiger partial charge in [0.05, 0.1) is 28.5 Å². The Kier molecular flexibility index (Phi) is 14.6. The summed E-state index contributed by atoms with van der Waals surface area (Å²) in [4.78, 5) is 60.9. The molecule has 11 nitrogen and oxygen atoms in total. The second kappa shape index (κ2) is 19.8. The molecule has 0 fully saturated rings. The van der Waals surface area contributed by atoms with Crippen molar-refractivity contribution in [2.75, 3.05) is 13.1 Å². The first kappa shape index (κ1) is 37.7. The first-order valence-corrected chi connectivity index (χ1v) is 15.8. The van der Waals surface area contributed by atoms with Gasteiger partial charge < -0.3 is 5.32 Å². The Hall–Kier alpha value is -6.13. The van der Waals surface area contributed by atoms with E-state index in [0.29, 0.717) is 13.0 Å². The molecule has 3 amide bonds. The largest absolute Gasteiger partial charge is 0.354 e. The maximum atomic E-state index is 11.9. The summed E-state index contributed by atoms with van der Waals surface area (Å²) in [7, 11) is 0. The Morgan fingerprint density at radius 1 is 0.627 bits per heavy atom. The summed E-state index contributed by atoms with van der Waals surface area (Å²) < 4.78 is 0. The fraction of sp³-hybridized carbons (Fsp3) is 0.103. The monoisotopic (exact) mass is 764 g/mol. The van der Waals surface area contributed by atoms with Crippen molar-refractivity contribution in [2.24, 2.45) is 0 Å². The van der Waals surface area contributed by atoms with Crippen LogP contribution in [0.15, 0.2) is 147 Å². The molecule has 0 spiro atoms. The minimum Gasteiger partial charge on any atom is -0.354 e. The normalized spacial score (nSPS) is 11.4. The van der Waals surface area contributed by atoms with E-state index in [1.54, 1.807) is 37.2 Å². The van der Waals surface area contributed by atoms with Crippen molar-refractivity contribution in [1.82, 2.24) is 40.1 Å². The third kappa shape index (κ3) is 11.8. The molecule has 0 saturated carbocycles. The van der Waals surface area contributed by atoms with E-state index in [9.17, 15) is 14.4 Å². The molecule has 0 aliphatic carbocycles. The minimum atomic E-state index is -0.463. The standard InChI is InChI=1S/C19H18N4O3.2C10H8N2.Ru/c1-13-4-7-20-15(10-13)16-11-14(5-8-21-16)6-9-22-17(24)12-23-18(25)2-3-19(23)26;1-3-7-11-9(5-1)10-6-2-4-8-12-10;1-2-7-12-10(5-1)9-4-3-6-11-8-9;/h2-5,7-8,10-11H,6,9,12H2,1H3,(H,22,24);2*1-8H;. The number of nitrogens with zero attached hydrogens (tertiary/aromatic N) is 7. The summed E-state index contributed by atoms with van der Waals surface area (Å²) in [5.41, 5.74) is 7.54. The average Bonchev–Trinajstić information content (AvgIpc) is 3.49. The first-order chi connectivity index (χ1) is 24.5. The van der Waals surface area contributed by atoms with Crippen molar-refractivity contribution < 1.29 is 33.9 Å². The van der Waals surface area contributed by atoms with Crippen molar-refractivity contribution in [3.63, 3.8) is 0 Å². The van der Waals surface area contributed by atoms with Gasteiger partial charge >= 0.3 is 0 Å². The number of aromatic nitrogens is 6. The number of rotatable bonds is 8. The Morgan fingerprint density at radius 3 is 1.75 bits per heavy atom. The predicted octanol–water partition coefficient (Wildman–Crippen LogP) is 5.32. The van der Waals surface area contributed by atoms with Crippen LogP contribution in [0.3, 0.4) is 0 Å². The van der Waals surface area contributed by atoms with E-state index in [0.717, 1.165) is 62.2 Å². The zero-order valence-electron chi connectivity index (χ0n) is 27.7. The number of amides is 3. The molecule has 7 rings (SSSR count). The SMILES string of the molecule is Cc1ccnc(-c2cc(CCNC(=O)CN3C(=O)C=CC3=O)ccn2)c1.[Ru].c1ccc(-c2ccccn2)nc1.c1ccc(-c2cccnc2)nc1. The van der Waals surface area contributed by atoms with Gasteiger partial charge in [0.25, 0.3) is 11.8 Å². The predicted molar refractivity (Wildman–Crippen MR) is 190 cm³/mol. The fourth-order valence-corrected chi connectivity index (χ4v) is 4.66. The fourth-order valence-electron chi connectivity index (χ4n) is 4.66. The molecular formula is C39H34N8O3Ru. The molecule has 1 aliphatic heterocycles. The van der Waals surface area contributed by atoms with Crippen LogP contribution < -0.4 is 5.32 Å². The van der Waals surface area contributed by atoms with Crippen LogP contribution in [0, 0.1) is 6.92 Å². The molecule has 0 saturated heterocycles. The summed E-state index contributed by atoms with van der Waals surface area (Å²) in [6.07, 6.45) is 15.3. The summed E-state index contributed by atoms with van der Waals surface area (Å²) >= 11 is 0. The van der Waals surface area contributed by atoms with Gasteiger partial charge in [-0.05, 0) is 97.3 Å². The van der Waals surface area contributed by atoms with Gasteiger partial charge in [-0.15, -0.1) is 0 Å². The van der Waals surface area contributed by atoms with E-state index in [2.05, 4.69) is 35.2 Å². The number of imide groups is 1. The van der Waals surface area contributed by atoms with Gasteiger partial charge in [-0.1, -0.05) is 18.2 Å². The average molecular weight is 764 g/mol. The molecular weight excluding hydrogens is 730 g/mol. The van der Waals surface area contributed by atoms with E-state index in [-0.39, 0.29) is 31.9 Å². The van der Waals surface area contributed by atoms with E-state index in [1.807, 2.05) is 104 Å². The zero-order chi connectivity index (χ0) is 35.0. The summed E-state index contributed by atoms with van der Waals surface area (Å²) in [6, 6.07) is 29.0. The van der Waals surface area contributed by atoms with Gasteiger partial charge in [0, 0.05) is 87.1 Å². The molecule has 0 unspecified atom stereocenters. The number of carbonyl (C=O) groups excluding carboxylic acids is 3. The molecule has 0 radical (unpaired) electrons. The Balaban J connectivity index is 0.000000193. The van der Waals surface area contributed by atoms with E-state index in [1.165, 1.54) is 0 Å². The molecule has 1 N–H and O–H groups in total. The van der Waals surface area contributed by atoms with Crippen LogP contribution in [0.25, 0.3) is 34.0 Å².